The second kappa shape index (κ2) is 8.45. The maximum atomic E-state index is 12.8. The number of hydrogen-bond donors (Lipinski definition) is 1. The molecule has 1 atom stereocenters. The number of thioether (sulfide) groups is 1. The molecule has 0 bridgehead atoms. The summed E-state index contributed by atoms with van der Waals surface area (Å²) in [7, 11) is 4.82. The minimum atomic E-state index is -0.235. The highest BCUT2D eigenvalue weighted by atomic mass is 32.2. The molecule has 0 spiro atoms. The third-order valence-electron chi connectivity index (χ3n) is 4.91. The van der Waals surface area contributed by atoms with E-state index in [-0.39, 0.29) is 11.5 Å². The van der Waals surface area contributed by atoms with Crippen LogP contribution in [-0.4, -0.2) is 26.6 Å². The van der Waals surface area contributed by atoms with E-state index < -0.39 is 0 Å². The van der Waals surface area contributed by atoms with Gasteiger partial charge >= 0.3 is 0 Å². The van der Waals surface area contributed by atoms with E-state index in [9.17, 15) is 4.79 Å². The molecule has 0 amide bonds. The van der Waals surface area contributed by atoms with E-state index in [4.69, 9.17) is 19.9 Å². The Morgan fingerprint density at radius 2 is 1.79 bits per heavy atom. The number of nitrogens with two attached hydrogens (primary N) is 1. The van der Waals surface area contributed by atoms with Gasteiger partial charge in [0.15, 0.2) is 16.9 Å². The van der Waals surface area contributed by atoms with Gasteiger partial charge in [0, 0.05) is 16.9 Å². The van der Waals surface area contributed by atoms with E-state index >= 15 is 0 Å². The van der Waals surface area contributed by atoms with Gasteiger partial charge in [-0.2, -0.15) is 0 Å². The molecule has 5 nitrogen and oxygen atoms in total. The van der Waals surface area contributed by atoms with Gasteiger partial charge in [-0.1, -0.05) is 19.9 Å². The van der Waals surface area contributed by atoms with Gasteiger partial charge in [0.25, 0.3) is 0 Å². The third kappa shape index (κ3) is 3.71. The van der Waals surface area contributed by atoms with Gasteiger partial charge in [0.2, 0.25) is 5.75 Å². The Labute approximate surface area is 170 Å². The Bertz CT molecular complexity index is 943. The summed E-state index contributed by atoms with van der Waals surface area (Å²) in [5.74, 6) is 1.76. The highest BCUT2D eigenvalue weighted by Gasteiger charge is 2.27. The summed E-state index contributed by atoms with van der Waals surface area (Å²) in [6, 6.07) is 7.31. The Hall–Kier alpha value is -2.18. The SMILES string of the molecule is COc1cc2c(c(OC)c1OC)-c1ccc(SC(C)C)c(=O)cc1[C@@H](N)CC2. The highest BCUT2D eigenvalue weighted by Crippen LogP contribution is 2.49. The van der Waals surface area contributed by atoms with Crippen LogP contribution in [0.3, 0.4) is 0 Å². The van der Waals surface area contributed by atoms with Crippen molar-refractivity contribution in [3.63, 3.8) is 0 Å². The van der Waals surface area contributed by atoms with Crippen molar-refractivity contribution in [2.24, 2.45) is 5.73 Å². The fraction of sp³-hybridized carbons (Fsp3) is 0.409. The van der Waals surface area contributed by atoms with E-state index in [0.717, 1.165) is 40.0 Å². The average molecular weight is 402 g/mol. The van der Waals surface area contributed by atoms with E-state index in [1.807, 2.05) is 18.2 Å². The summed E-state index contributed by atoms with van der Waals surface area (Å²) in [5, 5.41) is 0.315. The van der Waals surface area contributed by atoms with Crippen LogP contribution in [-0.2, 0) is 6.42 Å². The van der Waals surface area contributed by atoms with Crippen LogP contribution in [0.2, 0.25) is 0 Å². The molecule has 1 aliphatic rings. The summed E-state index contributed by atoms with van der Waals surface area (Å²) in [5.41, 5.74) is 10.2. The molecule has 0 fully saturated rings. The number of hydrogen-bond acceptors (Lipinski definition) is 6. The first-order valence-corrected chi connectivity index (χ1v) is 10.2. The zero-order valence-electron chi connectivity index (χ0n) is 17.0. The molecule has 0 aliphatic heterocycles. The number of ether oxygens (including phenoxy) is 3. The van der Waals surface area contributed by atoms with Crippen LogP contribution in [0.1, 0.15) is 37.4 Å². The molecule has 150 valence electrons. The zero-order valence-corrected chi connectivity index (χ0v) is 17.8. The number of aryl methyl sites for hydroxylation is 1. The monoisotopic (exact) mass is 401 g/mol. The molecule has 0 saturated heterocycles. The largest absolute Gasteiger partial charge is 0.493 e. The van der Waals surface area contributed by atoms with Crippen molar-refractivity contribution in [2.75, 3.05) is 21.3 Å². The first-order valence-electron chi connectivity index (χ1n) is 9.33. The van der Waals surface area contributed by atoms with Crippen LogP contribution in [0.15, 0.2) is 34.0 Å². The maximum Gasteiger partial charge on any atom is 0.203 e. The lowest BCUT2D eigenvalue weighted by Gasteiger charge is -2.19. The van der Waals surface area contributed by atoms with Crippen LogP contribution >= 0.6 is 11.8 Å². The summed E-state index contributed by atoms with van der Waals surface area (Å²) >= 11 is 1.56. The van der Waals surface area contributed by atoms with E-state index in [1.54, 1.807) is 39.2 Å². The lowest BCUT2D eigenvalue weighted by atomic mass is 9.95. The summed E-state index contributed by atoms with van der Waals surface area (Å²) in [6.07, 6.45) is 1.49. The van der Waals surface area contributed by atoms with Crippen molar-refractivity contribution in [1.82, 2.24) is 0 Å². The highest BCUT2D eigenvalue weighted by molar-refractivity contribution is 7.99. The predicted molar refractivity (Wildman–Crippen MR) is 114 cm³/mol. The first-order chi connectivity index (χ1) is 13.4. The second-order valence-electron chi connectivity index (χ2n) is 7.07. The van der Waals surface area contributed by atoms with Crippen LogP contribution in [0.4, 0.5) is 0 Å². The number of methoxy groups -OCH3 is 3. The molecule has 6 heteroatoms. The van der Waals surface area contributed by atoms with Crippen LogP contribution in [0.5, 0.6) is 17.2 Å². The number of benzene rings is 1. The van der Waals surface area contributed by atoms with Crippen LogP contribution < -0.4 is 25.4 Å². The summed E-state index contributed by atoms with van der Waals surface area (Å²) < 4.78 is 16.8. The van der Waals surface area contributed by atoms with E-state index in [2.05, 4.69) is 13.8 Å². The molecule has 2 aromatic rings. The fourth-order valence-corrected chi connectivity index (χ4v) is 4.51. The van der Waals surface area contributed by atoms with Gasteiger partial charge in [-0.25, -0.2) is 0 Å². The van der Waals surface area contributed by atoms with Gasteiger partial charge in [-0.05, 0) is 47.7 Å². The molecule has 2 aromatic carbocycles. The molecule has 0 aromatic heterocycles. The minimum absolute atomic E-state index is 0.00158. The Kier molecular flexibility index (Phi) is 6.20. The van der Waals surface area contributed by atoms with Gasteiger partial charge < -0.3 is 19.9 Å². The molecule has 2 N–H and O–H groups in total. The molecular weight excluding hydrogens is 374 g/mol. The van der Waals surface area contributed by atoms with Gasteiger partial charge in [0.1, 0.15) is 0 Å². The Morgan fingerprint density at radius 1 is 1.07 bits per heavy atom. The normalized spacial score (nSPS) is 15.5. The third-order valence-corrected chi connectivity index (χ3v) is 5.97. The van der Waals surface area contributed by atoms with E-state index in [1.165, 1.54) is 0 Å². The topological polar surface area (TPSA) is 70.8 Å². The number of rotatable bonds is 5. The molecule has 28 heavy (non-hydrogen) atoms. The van der Waals surface area contributed by atoms with Crippen molar-refractivity contribution in [3.8, 4) is 28.4 Å². The fourth-order valence-electron chi connectivity index (χ4n) is 3.68. The zero-order chi connectivity index (χ0) is 20.4. The summed E-state index contributed by atoms with van der Waals surface area (Å²) in [4.78, 5) is 13.5. The molecule has 1 aliphatic carbocycles. The lowest BCUT2D eigenvalue weighted by molar-refractivity contribution is 0.324. The van der Waals surface area contributed by atoms with Crippen molar-refractivity contribution in [2.45, 2.75) is 42.9 Å². The average Bonchev–Trinajstić information content (AvgIpc) is 2.90. The first kappa shape index (κ1) is 20.6. The van der Waals surface area contributed by atoms with Crippen molar-refractivity contribution in [3.05, 3.63) is 45.6 Å². The second-order valence-corrected chi connectivity index (χ2v) is 8.68. The van der Waals surface area contributed by atoms with Crippen molar-refractivity contribution >= 4 is 11.8 Å². The standard InChI is InChI=1S/C22H27NO4S/c1-12(2)28-19-9-7-14-15(11-17(19)24)16(23)8-6-13-10-18(25-3)21(26-4)22(27-5)20(13)14/h7,9-12,16H,6,8,23H2,1-5H3/t16-/m0/s1. The molecule has 0 heterocycles. The van der Waals surface area contributed by atoms with Gasteiger partial charge in [-0.15, -0.1) is 11.8 Å². The van der Waals surface area contributed by atoms with Crippen molar-refractivity contribution < 1.29 is 14.2 Å². The van der Waals surface area contributed by atoms with Crippen LogP contribution in [0, 0.1) is 0 Å². The predicted octanol–water partition coefficient (Wildman–Crippen LogP) is 4.19. The lowest BCUT2D eigenvalue weighted by Crippen LogP contribution is -2.12. The molecular formula is C22H27NO4S. The van der Waals surface area contributed by atoms with Gasteiger partial charge in [-0.3, -0.25) is 4.79 Å². The molecule has 3 rings (SSSR count). The quantitative estimate of drug-likeness (QED) is 0.758. The Balaban J connectivity index is 2.37. The van der Waals surface area contributed by atoms with Crippen LogP contribution in [0.25, 0.3) is 11.1 Å². The van der Waals surface area contributed by atoms with E-state index in [0.29, 0.717) is 22.5 Å². The number of fused-ring (bicyclic) bond motifs is 3. The molecule has 0 saturated carbocycles. The molecule has 0 radical (unpaired) electrons. The molecule has 0 unspecified atom stereocenters. The Morgan fingerprint density at radius 3 is 2.39 bits per heavy atom. The smallest absolute Gasteiger partial charge is 0.203 e. The summed E-state index contributed by atoms with van der Waals surface area (Å²) in [6.45, 7) is 4.15. The van der Waals surface area contributed by atoms with Crippen molar-refractivity contribution in [1.29, 1.82) is 0 Å². The van der Waals surface area contributed by atoms with Gasteiger partial charge in [0.05, 0.1) is 26.2 Å². The minimum Gasteiger partial charge on any atom is -0.493 e. The maximum absolute atomic E-state index is 12.8.